The zero-order valence-corrected chi connectivity index (χ0v) is 16.0. The number of aryl methyl sites for hydroxylation is 1. The van der Waals surface area contributed by atoms with Crippen LogP contribution in [0.4, 0.5) is 0 Å². The first-order valence-corrected chi connectivity index (χ1v) is 9.56. The molecule has 2 aliphatic rings. The molecule has 1 unspecified atom stereocenters. The Morgan fingerprint density at radius 3 is 2.64 bits per heavy atom. The maximum Gasteiger partial charge on any atom is 0.341 e. The average molecular weight is 381 g/mol. The normalized spacial score (nSPS) is 17.1. The van der Waals surface area contributed by atoms with Crippen LogP contribution in [-0.2, 0) is 17.8 Å². The molecule has 1 aliphatic carbocycles. The summed E-state index contributed by atoms with van der Waals surface area (Å²) in [6.07, 6.45) is 4.09. The van der Waals surface area contributed by atoms with E-state index in [4.69, 9.17) is 0 Å². The molecule has 1 fully saturated rings. The van der Waals surface area contributed by atoms with Gasteiger partial charge < -0.3 is 14.6 Å². The molecule has 0 aromatic carbocycles. The summed E-state index contributed by atoms with van der Waals surface area (Å²) < 4.78 is 1.55. The summed E-state index contributed by atoms with van der Waals surface area (Å²) in [5.74, 6) is -1.00. The average Bonchev–Trinajstić information content (AvgIpc) is 3.46. The number of carbonyl (C=O) groups excluding carboxylic acids is 1. The van der Waals surface area contributed by atoms with E-state index >= 15 is 0 Å². The van der Waals surface area contributed by atoms with Crippen LogP contribution in [0, 0.1) is 12.8 Å². The number of hydrogen-bond acceptors (Lipinski definition) is 4. The summed E-state index contributed by atoms with van der Waals surface area (Å²) in [7, 11) is 0. The molecule has 2 aromatic rings. The second-order valence-electron chi connectivity index (χ2n) is 7.70. The summed E-state index contributed by atoms with van der Waals surface area (Å²) in [4.78, 5) is 43.3. The Balaban J connectivity index is 1.90. The number of aromatic carboxylic acids is 1. The molecule has 7 nitrogen and oxygen atoms in total. The van der Waals surface area contributed by atoms with Crippen LogP contribution in [0.15, 0.2) is 29.2 Å². The van der Waals surface area contributed by atoms with Crippen molar-refractivity contribution in [2.75, 3.05) is 6.54 Å². The van der Waals surface area contributed by atoms with Gasteiger partial charge in [-0.2, -0.15) is 0 Å². The zero-order valence-electron chi connectivity index (χ0n) is 16.0. The minimum Gasteiger partial charge on any atom is -0.477 e. The number of fused-ring (bicyclic) bond motifs is 1. The van der Waals surface area contributed by atoms with E-state index in [1.54, 1.807) is 15.7 Å². The van der Waals surface area contributed by atoms with Crippen molar-refractivity contribution in [1.29, 1.82) is 0 Å². The smallest absolute Gasteiger partial charge is 0.341 e. The molecule has 28 heavy (non-hydrogen) atoms. The van der Waals surface area contributed by atoms with E-state index in [1.165, 1.54) is 6.92 Å². The van der Waals surface area contributed by atoms with Crippen LogP contribution in [0.25, 0.3) is 0 Å². The van der Waals surface area contributed by atoms with Gasteiger partial charge in [0.1, 0.15) is 5.56 Å². The van der Waals surface area contributed by atoms with Crippen molar-refractivity contribution < 1.29 is 14.7 Å². The molecule has 1 amide bonds. The van der Waals surface area contributed by atoms with Gasteiger partial charge in [0.25, 0.3) is 5.56 Å². The van der Waals surface area contributed by atoms with Crippen LogP contribution in [0.2, 0.25) is 0 Å². The summed E-state index contributed by atoms with van der Waals surface area (Å²) in [6.45, 7) is 4.15. The van der Waals surface area contributed by atoms with Gasteiger partial charge in [-0.25, -0.2) is 4.79 Å². The Kier molecular flexibility index (Phi) is 4.53. The van der Waals surface area contributed by atoms with Gasteiger partial charge in [0.05, 0.1) is 11.7 Å². The molecule has 1 aliphatic heterocycles. The van der Waals surface area contributed by atoms with Gasteiger partial charge in [0.15, 0.2) is 0 Å². The molecule has 0 saturated heterocycles. The van der Waals surface area contributed by atoms with Gasteiger partial charge in [0, 0.05) is 31.9 Å². The fourth-order valence-corrected chi connectivity index (χ4v) is 4.12. The van der Waals surface area contributed by atoms with Crippen LogP contribution in [-0.4, -0.2) is 38.0 Å². The number of carbonyl (C=O) groups is 2. The topological polar surface area (TPSA) is 92.5 Å². The summed E-state index contributed by atoms with van der Waals surface area (Å²) in [5, 5.41) is 9.76. The Morgan fingerprint density at radius 2 is 2.04 bits per heavy atom. The number of pyridine rings is 2. The highest BCUT2D eigenvalue weighted by Gasteiger charge is 2.37. The SMILES string of the molecule is CC(=O)N1CCc2c(cn(C(c3cccc(C)n3)C3CC3)c(=O)c2C(=O)O)C1. The number of rotatable bonds is 4. The Labute approximate surface area is 162 Å². The first-order valence-electron chi connectivity index (χ1n) is 9.56. The van der Waals surface area contributed by atoms with E-state index < -0.39 is 11.5 Å². The highest BCUT2D eigenvalue weighted by molar-refractivity contribution is 5.89. The number of hydrogen-bond donors (Lipinski definition) is 1. The number of carboxylic acids is 1. The van der Waals surface area contributed by atoms with Gasteiger partial charge in [0.2, 0.25) is 5.91 Å². The summed E-state index contributed by atoms with van der Waals surface area (Å²) in [6, 6.07) is 5.41. The lowest BCUT2D eigenvalue weighted by molar-refractivity contribution is -0.129. The van der Waals surface area contributed by atoms with Crippen LogP contribution >= 0.6 is 0 Å². The molecular weight excluding hydrogens is 358 g/mol. The molecule has 2 aromatic heterocycles. The third-order valence-corrected chi connectivity index (χ3v) is 5.67. The van der Waals surface area contributed by atoms with Crippen molar-refractivity contribution in [2.24, 2.45) is 5.92 Å². The summed E-state index contributed by atoms with van der Waals surface area (Å²) >= 11 is 0. The highest BCUT2D eigenvalue weighted by Crippen LogP contribution is 2.42. The quantitative estimate of drug-likeness (QED) is 0.876. The molecule has 7 heteroatoms. The van der Waals surface area contributed by atoms with Crippen LogP contribution in [0.5, 0.6) is 0 Å². The molecular formula is C21H23N3O4. The molecule has 1 atom stereocenters. The number of carboxylic acid groups (broad SMARTS) is 1. The lowest BCUT2D eigenvalue weighted by Crippen LogP contribution is -2.40. The van der Waals surface area contributed by atoms with Gasteiger partial charge in [-0.15, -0.1) is 0 Å². The van der Waals surface area contributed by atoms with Crippen LogP contribution in [0.3, 0.4) is 0 Å². The van der Waals surface area contributed by atoms with Crippen molar-refractivity contribution in [3.63, 3.8) is 0 Å². The van der Waals surface area contributed by atoms with Gasteiger partial charge in [-0.1, -0.05) is 6.07 Å². The largest absolute Gasteiger partial charge is 0.477 e. The lowest BCUT2D eigenvalue weighted by atomic mass is 9.95. The van der Waals surface area contributed by atoms with Gasteiger partial charge >= 0.3 is 5.97 Å². The minimum atomic E-state index is -1.21. The number of aromatic nitrogens is 2. The second-order valence-corrected chi connectivity index (χ2v) is 7.70. The van der Waals surface area contributed by atoms with E-state index in [-0.39, 0.29) is 23.4 Å². The fourth-order valence-electron chi connectivity index (χ4n) is 4.12. The Morgan fingerprint density at radius 1 is 1.29 bits per heavy atom. The first-order chi connectivity index (χ1) is 13.4. The predicted molar refractivity (Wildman–Crippen MR) is 102 cm³/mol. The number of amides is 1. The monoisotopic (exact) mass is 381 g/mol. The molecule has 0 bridgehead atoms. The highest BCUT2D eigenvalue weighted by atomic mass is 16.4. The molecule has 146 valence electrons. The Bertz CT molecular complexity index is 1020. The molecule has 1 N–H and O–H groups in total. The second kappa shape index (κ2) is 6.89. The maximum absolute atomic E-state index is 13.2. The van der Waals surface area contributed by atoms with Crippen molar-refractivity contribution in [3.8, 4) is 0 Å². The van der Waals surface area contributed by atoms with E-state index in [1.807, 2.05) is 25.1 Å². The van der Waals surface area contributed by atoms with E-state index in [0.29, 0.717) is 25.1 Å². The molecule has 1 saturated carbocycles. The maximum atomic E-state index is 13.2. The molecule has 4 rings (SSSR count). The third-order valence-electron chi connectivity index (χ3n) is 5.67. The molecule has 3 heterocycles. The van der Waals surface area contributed by atoms with Crippen molar-refractivity contribution in [1.82, 2.24) is 14.5 Å². The number of nitrogens with zero attached hydrogens (tertiary/aromatic N) is 3. The standard InChI is InChI=1S/C21H23N3O4/c1-12-4-3-5-17(22-12)19(14-6-7-14)24-11-15-10-23(13(2)25)9-8-16(15)18(20(24)26)21(27)28/h3-5,11,14,19H,6-10H2,1-2H3,(H,27,28). The van der Waals surface area contributed by atoms with Crippen LogP contribution in [0.1, 0.15) is 58.7 Å². The van der Waals surface area contributed by atoms with E-state index in [9.17, 15) is 19.5 Å². The van der Waals surface area contributed by atoms with Crippen molar-refractivity contribution in [3.05, 3.63) is 62.8 Å². The van der Waals surface area contributed by atoms with Gasteiger partial charge in [-0.05, 0) is 55.4 Å². The summed E-state index contributed by atoms with van der Waals surface area (Å²) in [5.41, 5.74) is 2.27. The predicted octanol–water partition coefficient (Wildman–Crippen LogP) is 2.15. The molecule has 0 spiro atoms. The lowest BCUT2D eigenvalue weighted by Gasteiger charge is -2.30. The van der Waals surface area contributed by atoms with E-state index in [0.717, 1.165) is 29.8 Å². The van der Waals surface area contributed by atoms with Crippen molar-refractivity contribution in [2.45, 2.75) is 45.7 Å². The van der Waals surface area contributed by atoms with Crippen LogP contribution < -0.4 is 5.56 Å². The molecule has 0 radical (unpaired) electrons. The minimum absolute atomic E-state index is 0.0561. The van der Waals surface area contributed by atoms with E-state index in [2.05, 4.69) is 4.98 Å². The Hall–Kier alpha value is -2.96. The first kappa shape index (κ1) is 18.4. The van der Waals surface area contributed by atoms with Gasteiger partial charge in [-0.3, -0.25) is 14.6 Å². The fraction of sp³-hybridized carbons (Fsp3) is 0.429. The third kappa shape index (κ3) is 3.21. The van der Waals surface area contributed by atoms with Crippen molar-refractivity contribution >= 4 is 11.9 Å². The zero-order chi connectivity index (χ0) is 20.0.